The summed E-state index contributed by atoms with van der Waals surface area (Å²) < 4.78 is 5.48. The molecule has 1 aromatic carbocycles. The molecule has 1 aromatic heterocycles. The van der Waals surface area contributed by atoms with Crippen molar-refractivity contribution in [2.75, 3.05) is 19.6 Å². The summed E-state index contributed by atoms with van der Waals surface area (Å²) in [6, 6.07) is 6.15. The maximum Gasteiger partial charge on any atom is 0.192 e. The van der Waals surface area contributed by atoms with Gasteiger partial charge < -0.3 is 15.5 Å². The van der Waals surface area contributed by atoms with E-state index >= 15 is 0 Å². The molecule has 0 fully saturated rings. The van der Waals surface area contributed by atoms with E-state index in [4.69, 9.17) is 10.2 Å². The first kappa shape index (κ1) is 11.1. The van der Waals surface area contributed by atoms with Gasteiger partial charge in [-0.15, -0.1) is 0 Å². The highest BCUT2D eigenvalue weighted by molar-refractivity contribution is 5.73. The van der Waals surface area contributed by atoms with Gasteiger partial charge in [0.25, 0.3) is 0 Å². The van der Waals surface area contributed by atoms with Gasteiger partial charge >= 0.3 is 0 Å². The Bertz CT molecular complexity index is 464. The van der Waals surface area contributed by atoms with Crippen LogP contribution in [0.3, 0.4) is 0 Å². The molecule has 0 saturated carbocycles. The number of benzene rings is 1. The highest BCUT2D eigenvalue weighted by Crippen LogP contribution is 2.16. The van der Waals surface area contributed by atoms with Crippen LogP contribution in [0.1, 0.15) is 11.5 Å². The Labute approximate surface area is 94.8 Å². The molecule has 0 aliphatic rings. The quantitative estimate of drug-likeness (QED) is 0.742. The SMILES string of the molecule is Cc1nc2ccc(CCNCCN)cc2o1. The molecule has 86 valence electrons. The van der Waals surface area contributed by atoms with Gasteiger partial charge in [-0.25, -0.2) is 4.98 Å². The van der Waals surface area contributed by atoms with Crippen LogP contribution >= 0.6 is 0 Å². The number of oxazole rings is 1. The zero-order valence-corrected chi connectivity index (χ0v) is 9.49. The third kappa shape index (κ3) is 2.59. The third-order valence-corrected chi connectivity index (χ3v) is 2.47. The van der Waals surface area contributed by atoms with E-state index in [9.17, 15) is 0 Å². The number of fused-ring (bicyclic) bond motifs is 1. The third-order valence-electron chi connectivity index (χ3n) is 2.47. The van der Waals surface area contributed by atoms with Crippen LogP contribution in [0.5, 0.6) is 0 Å². The Morgan fingerprint density at radius 1 is 1.38 bits per heavy atom. The number of nitrogens with zero attached hydrogens (tertiary/aromatic N) is 1. The van der Waals surface area contributed by atoms with E-state index < -0.39 is 0 Å². The maximum absolute atomic E-state index is 5.48. The fourth-order valence-electron chi connectivity index (χ4n) is 1.70. The summed E-state index contributed by atoms with van der Waals surface area (Å²) in [5, 5.41) is 3.27. The molecule has 0 spiro atoms. The van der Waals surface area contributed by atoms with Crippen molar-refractivity contribution in [2.45, 2.75) is 13.3 Å². The predicted molar refractivity (Wildman–Crippen MR) is 64.4 cm³/mol. The molecule has 0 unspecified atom stereocenters. The fraction of sp³-hybridized carbons (Fsp3) is 0.417. The van der Waals surface area contributed by atoms with E-state index in [-0.39, 0.29) is 0 Å². The molecule has 3 N–H and O–H groups in total. The number of nitrogens with two attached hydrogens (primary N) is 1. The van der Waals surface area contributed by atoms with E-state index in [1.54, 1.807) is 0 Å². The van der Waals surface area contributed by atoms with Crippen molar-refractivity contribution >= 4 is 11.1 Å². The molecule has 0 radical (unpaired) electrons. The molecule has 4 nitrogen and oxygen atoms in total. The van der Waals surface area contributed by atoms with Gasteiger partial charge in [-0.2, -0.15) is 0 Å². The first-order valence-electron chi connectivity index (χ1n) is 5.56. The summed E-state index contributed by atoms with van der Waals surface area (Å²) in [5.74, 6) is 0.716. The highest BCUT2D eigenvalue weighted by atomic mass is 16.3. The van der Waals surface area contributed by atoms with E-state index in [0.29, 0.717) is 12.4 Å². The van der Waals surface area contributed by atoms with Crippen molar-refractivity contribution in [3.8, 4) is 0 Å². The maximum atomic E-state index is 5.48. The lowest BCUT2D eigenvalue weighted by Crippen LogP contribution is -2.24. The smallest absolute Gasteiger partial charge is 0.192 e. The molecule has 0 bridgehead atoms. The summed E-state index contributed by atoms with van der Waals surface area (Å²) in [4.78, 5) is 4.27. The average molecular weight is 219 g/mol. The Morgan fingerprint density at radius 2 is 2.25 bits per heavy atom. The Morgan fingerprint density at radius 3 is 3.06 bits per heavy atom. The van der Waals surface area contributed by atoms with Crippen molar-refractivity contribution in [2.24, 2.45) is 5.73 Å². The second-order valence-corrected chi connectivity index (χ2v) is 3.82. The lowest BCUT2D eigenvalue weighted by Gasteiger charge is -2.02. The molecule has 16 heavy (non-hydrogen) atoms. The molecular formula is C12H17N3O. The molecule has 2 rings (SSSR count). The topological polar surface area (TPSA) is 64.1 Å². The van der Waals surface area contributed by atoms with E-state index in [0.717, 1.165) is 30.6 Å². The van der Waals surface area contributed by atoms with Gasteiger partial charge in [-0.1, -0.05) is 6.07 Å². The molecule has 0 aliphatic heterocycles. The molecule has 4 heteroatoms. The van der Waals surface area contributed by atoms with Crippen LogP contribution in [0.25, 0.3) is 11.1 Å². The zero-order chi connectivity index (χ0) is 11.4. The first-order valence-corrected chi connectivity index (χ1v) is 5.56. The van der Waals surface area contributed by atoms with Gasteiger partial charge in [0.2, 0.25) is 0 Å². The normalized spacial score (nSPS) is 11.1. The van der Waals surface area contributed by atoms with Gasteiger partial charge in [0.1, 0.15) is 5.52 Å². The monoisotopic (exact) mass is 219 g/mol. The standard InChI is InChI=1S/C12H17N3O/c1-9-15-11-3-2-10(8-12(11)16-9)4-6-14-7-5-13/h2-3,8,14H,4-7,13H2,1H3. The predicted octanol–water partition coefficient (Wildman–Crippen LogP) is 1.23. The van der Waals surface area contributed by atoms with Crippen molar-refractivity contribution in [1.82, 2.24) is 10.3 Å². The zero-order valence-electron chi connectivity index (χ0n) is 9.49. The van der Waals surface area contributed by atoms with Gasteiger partial charge in [-0.3, -0.25) is 0 Å². The first-order chi connectivity index (χ1) is 7.79. The van der Waals surface area contributed by atoms with Gasteiger partial charge in [0.15, 0.2) is 11.5 Å². The van der Waals surface area contributed by atoms with Crippen LogP contribution in [0.15, 0.2) is 22.6 Å². The summed E-state index contributed by atoms with van der Waals surface area (Å²) in [6.07, 6.45) is 0.982. The minimum Gasteiger partial charge on any atom is -0.441 e. The number of aryl methyl sites for hydroxylation is 1. The van der Waals surface area contributed by atoms with Crippen molar-refractivity contribution in [1.29, 1.82) is 0 Å². The summed E-state index contributed by atoms with van der Waals surface area (Å²) in [5.41, 5.74) is 8.45. The lowest BCUT2D eigenvalue weighted by molar-refractivity contribution is 0.560. The Hall–Kier alpha value is -1.39. The molecule has 0 aliphatic carbocycles. The number of nitrogens with one attached hydrogen (secondary N) is 1. The molecular weight excluding hydrogens is 202 g/mol. The second kappa shape index (κ2) is 5.09. The molecule has 0 atom stereocenters. The highest BCUT2D eigenvalue weighted by Gasteiger charge is 2.02. The van der Waals surface area contributed by atoms with Gasteiger partial charge in [0.05, 0.1) is 0 Å². The van der Waals surface area contributed by atoms with E-state index in [1.165, 1.54) is 5.56 Å². The molecule has 0 amide bonds. The summed E-state index contributed by atoms with van der Waals surface area (Å²) in [7, 11) is 0. The minimum atomic E-state index is 0.681. The largest absolute Gasteiger partial charge is 0.441 e. The minimum absolute atomic E-state index is 0.681. The lowest BCUT2D eigenvalue weighted by atomic mass is 10.1. The number of rotatable bonds is 5. The van der Waals surface area contributed by atoms with Gasteiger partial charge in [-0.05, 0) is 30.7 Å². The molecule has 2 aromatic rings. The number of hydrogen-bond donors (Lipinski definition) is 2. The van der Waals surface area contributed by atoms with Crippen LogP contribution < -0.4 is 11.1 Å². The second-order valence-electron chi connectivity index (χ2n) is 3.82. The molecule has 1 heterocycles. The van der Waals surface area contributed by atoms with Crippen LogP contribution in [0.4, 0.5) is 0 Å². The van der Waals surface area contributed by atoms with Crippen molar-refractivity contribution in [3.05, 3.63) is 29.7 Å². The number of aromatic nitrogens is 1. The van der Waals surface area contributed by atoms with Crippen LogP contribution in [0, 0.1) is 6.92 Å². The van der Waals surface area contributed by atoms with Crippen molar-refractivity contribution in [3.63, 3.8) is 0 Å². The van der Waals surface area contributed by atoms with E-state index in [1.807, 2.05) is 13.0 Å². The van der Waals surface area contributed by atoms with Gasteiger partial charge in [0, 0.05) is 20.0 Å². The fourth-order valence-corrected chi connectivity index (χ4v) is 1.70. The molecule has 0 saturated heterocycles. The Kier molecular flexibility index (Phi) is 3.54. The average Bonchev–Trinajstić information content (AvgIpc) is 2.64. The van der Waals surface area contributed by atoms with Crippen molar-refractivity contribution < 1.29 is 4.42 Å². The Balaban J connectivity index is 2.02. The van der Waals surface area contributed by atoms with E-state index in [2.05, 4.69) is 22.4 Å². The summed E-state index contributed by atoms with van der Waals surface area (Å²) >= 11 is 0. The van der Waals surface area contributed by atoms with Crippen LogP contribution in [-0.2, 0) is 6.42 Å². The summed E-state index contributed by atoms with van der Waals surface area (Å²) in [6.45, 7) is 4.35. The van der Waals surface area contributed by atoms with Crippen LogP contribution in [-0.4, -0.2) is 24.6 Å². The number of hydrogen-bond acceptors (Lipinski definition) is 4. The van der Waals surface area contributed by atoms with Crippen LogP contribution in [0.2, 0.25) is 0 Å².